The average molecular weight is 344 g/mol. The van der Waals surface area contributed by atoms with E-state index in [9.17, 15) is 5.11 Å². The highest BCUT2D eigenvalue weighted by molar-refractivity contribution is 5.49. The fraction of sp³-hybridized carbons (Fsp3) is 0.130. The third-order valence-corrected chi connectivity index (χ3v) is 4.18. The van der Waals surface area contributed by atoms with Crippen LogP contribution in [0.4, 0.5) is 0 Å². The largest absolute Gasteiger partial charge is 0.497 e. The molecule has 0 aliphatic carbocycles. The first-order valence-corrected chi connectivity index (χ1v) is 8.25. The summed E-state index contributed by atoms with van der Waals surface area (Å²) in [6.07, 6.45) is 0. The van der Waals surface area contributed by atoms with Gasteiger partial charge in [-0.3, -0.25) is 0 Å². The molecule has 3 heteroatoms. The molecule has 0 amide bonds. The van der Waals surface area contributed by atoms with Crippen LogP contribution in [-0.4, -0.2) is 19.3 Å². The molecule has 0 aromatic heterocycles. The van der Waals surface area contributed by atoms with Gasteiger partial charge in [0.15, 0.2) is 5.60 Å². The Morgan fingerprint density at radius 1 is 0.692 bits per heavy atom. The van der Waals surface area contributed by atoms with E-state index >= 15 is 0 Å². The second-order valence-electron chi connectivity index (χ2n) is 5.78. The zero-order valence-electron chi connectivity index (χ0n) is 14.8. The van der Waals surface area contributed by atoms with E-state index in [0.717, 1.165) is 17.1 Å². The molecular formula is C23H20O3. The molecule has 3 rings (SSSR count). The number of benzene rings is 3. The minimum absolute atomic E-state index is 0.673. The Morgan fingerprint density at radius 2 is 1.15 bits per heavy atom. The smallest absolute Gasteiger partial charge is 0.177 e. The molecular weight excluding hydrogens is 324 g/mol. The molecule has 3 aromatic carbocycles. The van der Waals surface area contributed by atoms with Crippen LogP contribution >= 0.6 is 0 Å². The number of aliphatic hydroxyl groups is 1. The minimum atomic E-state index is -1.45. The molecule has 26 heavy (non-hydrogen) atoms. The van der Waals surface area contributed by atoms with Gasteiger partial charge in [-0.25, -0.2) is 0 Å². The molecule has 0 heterocycles. The van der Waals surface area contributed by atoms with Crippen LogP contribution in [0.5, 0.6) is 11.5 Å². The van der Waals surface area contributed by atoms with Gasteiger partial charge in [0.25, 0.3) is 0 Å². The van der Waals surface area contributed by atoms with Crippen LogP contribution in [0.1, 0.15) is 16.7 Å². The summed E-state index contributed by atoms with van der Waals surface area (Å²) in [6, 6.07) is 24.1. The SMILES string of the molecule is COc1ccc(C(O)(C#Cc2ccccc2)c2ccc(OC)cc2)cc1. The lowest BCUT2D eigenvalue weighted by Crippen LogP contribution is -2.25. The van der Waals surface area contributed by atoms with Gasteiger partial charge in [0, 0.05) is 16.7 Å². The number of ether oxygens (including phenoxy) is 2. The van der Waals surface area contributed by atoms with Gasteiger partial charge >= 0.3 is 0 Å². The fourth-order valence-corrected chi connectivity index (χ4v) is 2.66. The summed E-state index contributed by atoms with van der Waals surface area (Å²) in [6.45, 7) is 0. The molecule has 3 aromatic rings. The van der Waals surface area contributed by atoms with Crippen molar-refractivity contribution in [3.05, 3.63) is 95.6 Å². The zero-order chi connectivity index (χ0) is 18.4. The standard InChI is InChI=1S/C23H20O3/c1-25-21-12-8-19(9-13-21)23(24,17-16-18-6-4-3-5-7-18)20-10-14-22(26-2)15-11-20/h3-15,24H,1-2H3. The Kier molecular flexibility index (Phi) is 5.26. The van der Waals surface area contributed by atoms with E-state index < -0.39 is 5.60 Å². The Morgan fingerprint density at radius 3 is 1.58 bits per heavy atom. The normalized spacial score (nSPS) is 10.6. The van der Waals surface area contributed by atoms with Gasteiger partial charge in [0.2, 0.25) is 0 Å². The van der Waals surface area contributed by atoms with Crippen molar-refractivity contribution in [2.24, 2.45) is 0 Å². The predicted octanol–water partition coefficient (Wildman–Crippen LogP) is 3.99. The maximum absolute atomic E-state index is 11.5. The van der Waals surface area contributed by atoms with E-state index in [0.29, 0.717) is 11.1 Å². The maximum Gasteiger partial charge on any atom is 0.177 e. The number of hydrogen-bond acceptors (Lipinski definition) is 3. The molecule has 0 saturated heterocycles. The van der Waals surface area contributed by atoms with Gasteiger partial charge in [-0.1, -0.05) is 54.3 Å². The molecule has 0 fully saturated rings. The molecule has 0 aliphatic rings. The van der Waals surface area contributed by atoms with E-state index in [-0.39, 0.29) is 0 Å². The highest BCUT2D eigenvalue weighted by Crippen LogP contribution is 2.31. The number of rotatable bonds is 4. The predicted molar refractivity (Wildman–Crippen MR) is 102 cm³/mol. The highest BCUT2D eigenvalue weighted by atomic mass is 16.5. The molecule has 130 valence electrons. The monoisotopic (exact) mass is 344 g/mol. The first-order valence-electron chi connectivity index (χ1n) is 8.25. The molecule has 0 radical (unpaired) electrons. The first kappa shape index (κ1) is 17.6. The topological polar surface area (TPSA) is 38.7 Å². The molecule has 0 unspecified atom stereocenters. The van der Waals surface area contributed by atoms with Crippen molar-refractivity contribution in [1.82, 2.24) is 0 Å². The van der Waals surface area contributed by atoms with Crippen molar-refractivity contribution >= 4 is 0 Å². The Balaban J connectivity index is 2.09. The first-order chi connectivity index (χ1) is 12.7. The fourth-order valence-electron chi connectivity index (χ4n) is 2.66. The lowest BCUT2D eigenvalue weighted by atomic mass is 9.86. The third-order valence-electron chi connectivity index (χ3n) is 4.18. The van der Waals surface area contributed by atoms with Crippen molar-refractivity contribution < 1.29 is 14.6 Å². The zero-order valence-corrected chi connectivity index (χ0v) is 14.8. The summed E-state index contributed by atoms with van der Waals surface area (Å²) in [5.74, 6) is 7.57. The quantitative estimate of drug-likeness (QED) is 0.727. The van der Waals surface area contributed by atoms with Crippen molar-refractivity contribution in [3.63, 3.8) is 0 Å². The average Bonchev–Trinajstić information content (AvgIpc) is 2.73. The van der Waals surface area contributed by atoms with Crippen LogP contribution in [0.3, 0.4) is 0 Å². The van der Waals surface area contributed by atoms with Crippen molar-refractivity contribution in [1.29, 1.82) is 0 Å². The second-order valence-corrected chi connectivity index (χ2v) is 5.78. The Labute approximate surface area is 153 Å². The van der Waals surface area contributed by atoms with Crippen LogP contribution in [0.2, 0.25) is 0 Å². The van der Waals surface area contributed by atoms with Gasteiger partial charge in [0.1, 0.15) is 11.5 Å². The highest BCUT2D eigenvalue weighted by Gasteiger charge is 2.29. The molecule has 3 nitrogen and oxygen atoms in total. The lowest BCUT2D eigenvalue weighted by Gasteiger charge is -2.24. The van der Waals surface area contributed by atoms with Gasteiger partial charge in [-0.15, -0.1) is 0 Å². The van der Waals surface area contributed by atoms with Gasteiger partial charge < -0.3 is 14.6 Å². The molecule has 0 atom stereocenters. The summed E-state index contributed by atoms with van der Waals surface area (Å²) in [5, 5.41) is 11.5. The third kappa shape index (κ3) is 3.72. The Hall–Kier alpha value is -3.22. The summed E-state index contributed by atoms with van der Waals surface area (Å²) in [5.41, 5.74) is 0.737. The molecule has 0 saturated carbocycles. The van der Waals surface area contributed by atoms with Crippen LogP contribution in [0.15, 0.2) is 78.9 Å². The van der Waals surface area contributed by atoms with E-state index in [1.165, 1.54) is 0 Å². The Bertz CT molecular complexity index is 854. The van der Waals surface area contributed by atoms with Crippen molar-refractivity contribution in [3.8, 4) is 23.3 Å². The number of hydrogen-bond donors (Lipinski definition) is 1. The molecule has 1 N–H and O–H groups in total. The summed E-state index contributed by atoms with van der Waals surface area (Å²) >= 11 is 0. The van der Waals surface area contributed by atoms with Crippen LogP contribution in [-0.2, 0) is 5.60 Å². The number of methoxy groups -OCH3 is 2. The summed E-state index contributed by atoms with van der Waals surface area (Å²) in [7, 11) is 3.22. The van der Waals surface area contributed by atoms with Crippen LogP contribution < -0.4 is 9.47 Å². The van der Waals surface area contributed by atoms with Crippen molar-refractivity contribution in [2.45, 2.75) is 5.60 Å². The van der Waals surface area contributed by atoms with Gasteiger partial charge in [-0.05, 0) is 36.4 Å². The minimum Gasteiger partial charge on any atom is -0.497 e. The maximum atomic E-state index is 11.5. The van der Waals surface area contributed by atoms with Gasteiger partial charge in [-0.2, -0.15) is 0 Å². The van der Waals surface area contributed by atoms with E-state index in [2.05, 4.69) is 11.8 Å². The van der Waals surface area contributed by atoms with Crippen LogP contribution in [0.25, 0.3) is 0 Å². The summed E-state index contributed by atoms with van der Waals surface area (Å²) < 4.78 is 10.4. The molecule has 0 bridgehead atoms. The van der Waals surface area contributed by atoms with E-state index in [4.69, 9.17) is 9.47 Å². The van der Waals surface area contributed by atoms with E-state index in [1.807, 2.05) is 78.9 Å². The van der Waals surface area contributed by atoms with Crippen molar-refractivity contribution in [2.75, 3.05) is 14.2 Å². The van der Waals surface area contributed by atoms with Crippen LogP contribution in [0, 0.1) is 11.8 Å². The molecule has 0 aliphatic heterocycles. The molecule has 0 spiro atoms. The lowest BCUT2D eigenvalue weighted by molar-refractivity contribution is 0.145. The second kappa shape index (κ2) is 7.77. The summed E-state index contributed by atoms with van der Waals surface area (Å²) in [4.78, 5) is 0. The van der Waals surface area contributed by atoms with E-state index in [1.54, 1.807) is 14.2 Å². The van der Waals surface area contributed by atoms with Gasteiger partial charge in [0.05, 0.1) is 14.2 Å².